The lowest BCUT2D eigenvalue weighted by atomic mass is 10.1. The van der Waals surface area contributed by atoms with Crippen LogP contribution in [0.15, 0.2) is 0 Å². The van der Waals surface area contributed by atoms with Gasteiger partial charge >= 0.3 is 0 Å². The number of hydrogen-bond donors (Lipinski definition) is 0. The van der Waals surface area contributed by atoms with E-state index < -0.39 is 54.3 Å². The molecule has 47 heavy (non-hydrogen) atoms. The van der Waals surface area contributed by atoms with Crippen molar-refractivity contribution in [2.24, 2.45) is 0 Å². The Bertz CT molecular complexity index is 1140. The third-order valence-electron chi connectivity index (χ3n) is 8.96. The molecule has 0 amide bonds. The van der Waals surface area contributed by atoms with Gasteiger partial charge in [-0.15, -0.1) is 0 Å². The van der Waals surface area contributed by atoms with E-state index in [1.807, 2.05) is 0 Å². The van der Waals surface area contributed by atoms with Crippen LogP contribution in [-0.2, 0) is 30.1 Å². The molecule has 1 heterocycles. The van der Waals surface area contributed by atoms with Gasteiger partial charge in [0.2, 0.25) is 30.1 Å². The zero-order chi connectivity index (χ0) is 36.0. The van der Waals surface area contributed by atoms with Gasteiger partial charge in [-0.25, -0.2) is 38.2 Å². The molecule has 15 heteroatoms. The van der Waals surface area contributed by atoms with Crippen molar-refractivity contribution in [2.75, 3.05) is 56.5 Å². The maximum atomic E-state index is 13.5. The normalized spacial score (nSPS) is 20.6. The van der Waals surface area contributed by atoms with Crippen molar-refractivity contribution >= 4 is 54.3 Å². The summed E-state index contributed by atoms with van der Waals surface area (Å²) < 4.78 is 85.7. The van der Waals surface area contributed by atoms with Crippen LogP contribution in [0.4, 0.5) is 0 Å². The molecule has 1 aliphatic rings. The molecule has 282 valence electrons. The van der Waals surface area contributed by atoms with Crippen molar-refractivity contribution < 1.29 is 25.3 Å². The molecule has 0 aromatic rings. The minimum absolute atomic E-state index is 0.176. The fraction of sp³-hybridized carbons (Fsp3) is 1.00. The van der Waals surface area contributed by atoms with Gasteiger partial charge < -0.3 is 0 Å². The summed E-state index contributed by atoms with van der Waals surface area (Å²) in [6.45, 7) is 22.7. The van der Waals surface area contributed by atoms with E-state index in [-0.39, 0.29) is 17.3 Å². The molecule has 1 aliphatic heterocycles. The van der Waals surface area contributed by atoms with E-state index in [4.69, 9.17) is 0 Å². The second-order valence-corrected chi connectivity index (χ2v) is 40.6. The molecular formula is C32H73N3O6S3Si3. The summed E-state index contributed by atoms with van der Waals surface area (Å²) >= 11 is 0. The van der Waals surface area contributed by atoms with Gasteiger partial charge in [-0.1, -0.05) is 91.0 Å². The van der Waals surface area contributed by atoms with Crippen molar-refractivity contribution in [3.05, 3.63) is 0 Å². The van der Waals surface area contributed by atoms with Crippen LogP contribution in [0, 0.1) is 0 Å². The Kier molecular flexibility index (Phi) is 19.7. The molecule has 1 saturated heterocycles. The van der Waals surface area contributed by atoms with Crippen molar-refractivity contribution in [1.29, 1.82) is 0 Å². The molecule has 1 fully saturated rings. The summed E-state index contributed by atoms with van der Waals surface area (Å²) in [5.41, 5.74) is 0. The summed E-state index contributed by atoms with van der Waals surface area (Å²) in [5, 5.41) is 0. The van der Waals surface area contributed by atoms with E-state index in [2.05, 4.69) is 58.9 Å². The number of hydrogen-bond acceptors (Lipinski definition) is 6. The molecule has 0 atom stereocenters. The van der Waals surface area contributed by atoms with Crippen LogP contribution in [0.25, 0.3) is 0 Å². The maximum absolute atomic E-state index is 13.5. The summed E-state index contributed by atoms with van der Waals surface area (Å²) in [4.78, 5) is 0. The van der Waals surface area contributed by atoms with Gasteiger partial charge in [0.1, 0.15) is 0 Å². The van der Waals surface area contributed by atoms with Crippen molar-refractivity contribution in [3.8, 4) is 0 Å². The molecule has 0 saturated carbocycles. The van der Waals surface area contributed by atoms with Gasteiger partial charge in [-0.3, -0.25) is 0 Å². The molecule has 0 spiro atoms. The predicted octanol–water partition coefficient (Wildman–Crippen LogP) is 7.20. The molecule has 0 bridgehead atoms. The number of sulfonamides is 3. The molecule has 0 unspecified atom stereocenters. The molecule has 0 N–H and O–H groups in total. The van der Waals surface area contributed by atoms with Crippen LogP contribution < -0.4 is 0 Å². The van der Waals surface area contributed by atoms with Gasteiger partial charge in [0, 0.05) is 63.5 Å². The predicted molar refractivity (Wildman–Crippen MR) is 211 cm³/mol. The summed E-state index contributed by atoms with van der Waals surface area (Å²) in [7, 11) is -14.7. The zero-order valence-corrected chi connectivity index (χ0v) is 37.2. The first-order valence-electron chi connectivity index (χ1n) is 18.4. The highest BCUT2D eigenvalue weighted by Crippen LogP contribution is 2.19. The van der Waals surface area contributed by atoms with Gasteiger partial charge in [-0.2, -0.15) is 0 Å². The smallest absolute Gasteiger partial charge is 0.212 e. The van der Waals surface area contributed by atoms with Gasteiger partial charge in [0.05, 0.1) is 17.3 Å². The van der Waals surface area contributed by atoms with E-state index in [0.29, 0.717) is 52.1 Å². The molecule has 0 aliphatic carbocycles. The Morgan fingerprint density at radius 3 is 0.702 bits per heavy atom. The highest BCUT2D eigenvalue weighted by molar-refractivity contribution is 7.89. The highest BCUT2D eigenvalue weighted by Gasteiger charge is 2.28. The lowest BCUT2D eigenvalue weighted by Crippen LogP contribution is -2.38. The first-order chi connectivity index (χ1) is 21.4. The SMILES string of the molecule is C[Si](C)(C)CCS(=O)(=O)N1CCCCCCCN(S(=O)(=O)CC[Si](C)(C)C)CCCCCN(S(=O)(=O)CC[Si](C)(C)C)CCCCC1. The fourth-order valence-corrected chi connectivity index (χ4v) is 19.1. The quantitative estimate of drug-likeness (QED) is 0.194. The van der Waals surface area contributed by atoms with Crippen molar-refractivity contribution in [3.63, 3.8) is 0 Å². The van der Waals surface area contributed by atoms with Crippen LogP contribution in [0.2, 0.25) is 77.1 Å². The highest BCUT2D eigenvalue weighted by atomic mass is 32.2. The fourth-order valence-electron chi connectivity index (χ4n) is 5.48. The molecule has 0 aromatic carbocycles. The average molecular weight is 776 g/mol. The Labute approximate surface area is 295 Å². The third-order valence-corrected chi connectivity index (χ3v) is 20.9. The number of nitrogens with zero attached hydrogens (tertiary/aromatic N) is 3. The largest absolute Gasteiger partial charge is 0.213 e. The van der Waals surface area contributed by atoms with Crippen molar-refractivity contribution in [1.82, 2.24) is 12.9 Å². The van der Waals surface area contributed by atoms with Crippen LogP contribution >= 0.6 is 0 Å². The molecule has 1 rings (SSSR count). The van der Waals surface area contributed by atoms with E-state index in [1.165, 1.54) is 0 Å². The maximum Gasteiger partial charge on any atom is 0.213 e. The molecular weight excluding hydrogens is 703 g/mol. The second-order valence-electron chi connectivity index (χ2n) is 17.5. The standard InChI is InChI=1S/C32H73N3O6S3Si3/c1-45(2,3)30-27-42(36,37)33-21-15-11-10-12-16-22-34(43(38,39)28-31-46(4,5)6)24-18-14-20-26-35(25-19-13-17-23-33)44(40,41)29-32-47(7,8)9/h10-32H2,1-9H3. The van der Waals surface area contributed by atoms with E-state index in [1.54, 1.807) is 12.9 Å². The monoisotopic (exact) mass is 775 g/mol. The summed E-state index contributed by atoms with van der Waals surface area (Å²) in [6.07, 6.45) is 8.85. The molecule has 9 nitrogen and oxygen atoms in total. The Hall–Kier alpha value is 0.381. The van der Waals surface area contributed by atoms with E-state index in [9.17, 15) is 25.3 Å². The van der Waals surface area contributed by atoms with Gasteiger partial charge in [0.25, 0.3) is 0 Å². The zero-order valence-electron chi connectivity index (χ0n) is 31.8. The van der Waals surface area contributed by atoms with Crippen LogP contribution in [0.5, 0.6) is 0 Å². The van der Waals surface area contributed by atoms with Crippen molar-refractivity contribution in [2.45, 2.75) is 148 Å². The van der Waals surface area contributed by atoms with Gasteiger partial charge in [0.15, 0.2) is 0 Å². The van der Waals surface area contributed by atoms with E-state index >= 15 is 0 Å². The topological polar surface area (TPSA) is 112 Å². The second kappa shape index (κ2) is 20.4. The average Bonchev–Trinajstić information content (AvgIpc) is 2.92. The lowest BCUT2D eigenvalue weighted by molar-refractivity contribution is 0.353. The van der Waals surface area contributed by atoms with E-state index in [0.717, 1.165) is 75.9 Å². The van der Waals surface area contributed by atoms with Gasteiger partial charge in [-0.05, 0) is 56.7 Å². The lowest BCUT2D eigenvalue weighted by Gasteiger charge is -2.26. The minimum atomic E-state index is -3.40. The minimum Gasteiger partial charge on any atom is -0.212 e. The molecule has 0 aromatic heterocycles. The Morgan fingerprint density at radius 2 is 0.511 bits per heavy atom. The Balaban J connectivity index is 3.11. The third kappa shape index (κ3) is 21.4. The van der Waals surface area contributed by atoms with Crippen LogP contribution in [0.3, 0.4) is 0 Å². The first kappa shape index (κ1) is 45.4. The summed E-state index contributed by atoms with van der Waals surface area (Å²) in [5.74, 6) is 0.580. The van der Waals surface area contributed by atoms with Crippen LogP contribution in [-0.4, -0.2) is 119 Å². The Morgan fingerprint density at radius 1 is 0.340 bits per heavy atom. The van der Waals surface area contributed by atoms with Crippen LogP contribution in [0.1, 0.15) is 70.6 Å². The first-order valence-corrected chi connectivity index (χ1v) is 34.3. The number of rotatable bonds is 12. The molecule has 0 radical (unpaired) electrons. The summed E-state index contributed by atoms with van der Waals surface area (Å²) in [6, 6.07) is 2.21.